The average molecular weight is 489 g/mol. The van der Waals surface area contributed by atoms with Crippen LogP contribution >= 0.6 is 23.2 Å². The number of para-hydroxylation sites is 2. The predicted molar refractivity (Wildman–Crippen MR) is 137 cm³/mol. The van der Waals surface area contributed by atoms with Gasteiger partial charge in [0.05, 0.1) is 22.8 Å². The molecule has 0 aliphatic heterocycles. The molecule has 1 aliphatic rings. The van der Waals surface area contributed by atoms with Crippen molar-refractivity contribution in [3.05, 3.63) is 105 Å². The number of carbonyl (C=O) groups excluding carboxylic acids is 1. The highest BCUT2D eigenvalue weighted by molar-refractivity contribution is 6.32. The van der Waals surface area contributed by atoms with E-state index in [0.29, 0.717) is 34.3 Å². The van der Waals surface area contributed by atoms with Crippen LogP contribution in [0.3, 0.4) is 0 Å². The maximum Gasteiger partial charge on any atom is 0.185 e. The summed E-state index contributed by atoms with van der Waals surface area (Å²) in [5.74, 6) is 0.00542. The highest BCUT2D eigenvalue weighted by atomic mass is 35.5. The maximum absolute atomic E-state index is 13.2. The van der Waals surface area contributed by atoms with Crippen LogP contribution in [0.15, 0.2) is 71.8 Å². The smallest absolute Gasteiger partial charge is 0.185 e. The third-order valence-corrected chi connectivity index (χ3v) is 6.71. The van der Waals surface area contributed by atoms with Gasteiger partial charge in [0.15, 0.2) is 5.78 Å². The van der Waals surface area contributed by atoms with Gasteiger partial charge in [0.1, 0.15) is 10.3 Å². The Hall–Kier alpha value is -3.41. The molecule has 4 aromatic rings. The number of ketones is 1. The lowest BCUT2D eigenvalue weighted by atomic mass is 10.1. The number of aryl methyl sites for hydroxylation is 2. The molecule has 2 heterocycles. The summed E-state index contributed by atoms with van der Waals surface area (Å²) in [6, 6.07) is 19.4. The molecular weight excluding hydrogens is 467 g/mol. The van der Waals surface area contributed by atoms with Crippen molar-refractivity contribution >= 4 is 41.1 Å². The minimum atomic E-state index is 0.00542. The number of hydrogen-bond donors (Lipinski definition) is 0. The van der Waals surface area contributed by atoms with Gasteiger partial charge in [-0.05, 0) is 63.1 Å². The van der Waals surface area contributed by atoms with Crippen molar-refractivity contribution in [3.63, 3.8) is 0 Å². The summed E-state index contributed by atoms with van der Waals surface area (Å²) in [5.41, 5.74) is 6.26. The van der Waals surface area contributed by atoms with Gasteiger partial charge in [-0.3, -0.25) is 4.79 Å². The minimum absolute atomic E-state index is 0.00542. The number of allylic oxidation sites excluding steroid dienone is 2. The first-order chi connectivity index (χ1) is 16.4. The Bertz CT molecular complexity index is 1340. The van der Waals surface area contributed by atoms with Crippen molar-refractivity contribution in [2.24, 2.45) is 0 Å². The molecule has 0 atom stereocenters. The second-order valence-electron chi connectivity index (χ2n) is 8.24. The largest absolute Gasteiger partial charge is 0.289 e. The van der Waals surface area contributed by atoms with Crippen molar-refractivity contribution in [2.75, 3.05) is 0 Å². The first-order valence-corrected chi connectivity index (χ1v) is 11.8. The van der Waals surface area contributed by atoms with Crippen molar-refractivity contribution in [2.45, 2.75) is 26.7 Å². The second-order valence-corrected chi connectivity index (χ2v) is 8.96. The molecule has 5 rings (SSSR count). The number of hydrogen-bond acceptors (Lipinski definition) is 3. The van der Waals surface area contributed by atoms with Crippen molar-refractivity contribution < 1.29 is 4.79 Å². The van der Waals surface area contributed by atoms with E-state index in [4.69, 9.17) is 23.2 Å². The van der Waals surface area contributed by atoms with Gasteiger partial charge in [0.25, 0.3) is 0 Å². The van der Waals surface area contributed by atoms with Crippen molar-refractivity contribution in [3.8, 4) is 11.4 Å². The highest BCUT2D eigenvalue weighted by Crippen LogP contribution is 2.34. The number of halogens is 2. The SMILES string of the molecule is Cc1nn(-c2ccccc2)c(Cl)c1/C=C1\CC/C(=C\c2c(C)nn(-c3ccccc3)c2Cl)C1=O. The van der Waals surface area contributed by atoms with Gasteiger partial charge in [-0.1, -0.05) is 59.6 Å². The van der Waals surface area contributed by atoms with Crippen molar-refractivity contribution in [1.29, 1.82) is 0 Å². The van der Waals surface area contributed by atoms with Crippen LogP contribution in [-0.4, -0.2) is 25.3 Å². The number of nitrogens with zero attached hydrogens (tertiary/aromatic N) is 4. The number of carbonyl (C=O) groups is 1. The molecule has 1 saturated carbocycles. The standard InChI is InChI=1S/C27H22Cl2N4O/c1-17-23(26(28)32(30-17)21-9-5-3-6-10-21)15-19-13-14-20(25(19)34)16-24-18(2)31-33(27(24)29)22-11-7-4-8-12-22/h3-12,15-16H,13-14H2,1-2H3/b19-15+,20-16+. The molecule has 0 radical (unpaired) electrons. The second kappa shape index (κ2) is 9.09. The van der Waals surface area contributed by atoms with Gasteiger partial charge in [0.2, 0.25) is 0 Å². The van der Waals surface area contributed by atoms with Crippen LogP contribution in [0.2, 0.25) is 10.3 Å². The van der Waals surface area contributed by atoms with Gasteiger partial charge in [-0.2, -0.15) is 10.2 Å². The molecule has 34 heavy (non-hydrogen) atoms. The van der Waals surface area contributed by atoms with E-state index in [2.05, 4.69) is 10.2 Å². The number of aromatic nitrogens is 4. The first-order valence-electron chi connectivity index (χ1n) is 11.0. The average Bonchev–Trinajstić information content (AvgIpc) is 3.45. The van der Waals surface area contributed by atoms with Crippen LogP contribution in [-0.2, 0) is 4.79 Å². The van der Waals surface area contributed by atoms with E-state index in [-0.39, 0.29) is 5.78 Å². The van der Waals surface area contributed by atoms with E-state index < -0.39 is 0 Å². The molecule has 5 nitrogen and oxygen atoms in total. The summed E-state index contributed by atoms with van der Waals surface area (Å²) in [4.78, 5) is 13.2. The molecule has 0 saturated heterocycles. The third-order valence-electron chi connectivity index (χ3n) is 5.98. The lowest BCUT2D eigenvalue weighted by Crippen LogP contribution is -1.97. The topological polar surface area (TPSA) is 52.7 Å². The van der Waals surface area contributed by atoms with Gasteiger partial charge in [0, 0.05) is 22.3 Å². The number of benzene rings is 2. The summed E-state index contributed by atoms with van der Waals surface area (Å²) >= 11 is 13.3. The van der Waals surface area contributed by atoms with Crippen LogP contribution < -0.4 is 0 Å². The molecule has 2 aromatic carbocycles. The van der Waals surface area contributed by atoms with Gasteiger partial charge in [-0.15, -0.1) is 0 Å². The van der Waals surface area contributed by atoms with Gasteiger partial charge in [-0.25, -0.2) is 9.36 Å². The lowest BCUT2D eigenvalue weighted by Gasteiger charge is -2.02. The van der Waals surface area contributed by atoms with Crippen LogP contribution in [0.1, 0.15) is 35.4 Å². The Balaban J connectivity index is 1.46. The molecule has 170 valence electrons. The number of Topliss-reactive ketones (excluding diaryl/α,β-unsaturated/α-hetero) is 1. The maximum atomic E-state index is 13.2. The summed E-state index contributed by atoms with van der Waals surface area (Å²) in [5, 5.41) is 10.1. The fraction of sp³-hybridized carbons (Fsp3) is 0.148. The summed E-state index contributed by atoms with van der Waals surface area (Å²) in [7, 11) is 0. The highest BCUT2D eigenvalue weighted by Gasteiger charge is 2.26. The van der Waals surface area contributed by atoms with Crippen molar-refractivity contribution in [1.82, 2.24) is 19.6 Å². The molecule has 0 spiro atoms. The van der Waals surface area contributed by atoms with Gasteiger partial charge >= 0.3 is 0 Å². The van der Waals surface area contributed by atoms with Crippen LogP contribution in [0.5, 0.6) is 0 Å². The zero-order chi connectivity index (χ0) is 23.8. The van der Waals surface area contributed by atoms with E-state index in [1.807, 2.05) is 86.7 Å². The fourth-order valence-electron chi connectivity index (χ4n) is 4.16. The zero-order valence-electron chi connectivity index (χ0n) is 18.8. The molecule has 7 heteroatoms. The fourth-order valence-corrected chi connectivity index (χ4v) is 4.81. The van der Waals surface area contributed by atoms with E-state index in [0.717, 1.165) is 33.9 Å². The lowest BCUT2D eigenvalue weighted by molar-refractivity contribution is -0.111. The quantitative estimate of drug-likeness (QED) is 0.296. The Labute approximate surface area is 207 Å². The normalized spacial score (nSPS) is 16.2. The van der Waals surface area contributed by atoms with E-state index >= 15 is 0 Å². The van der Waals surface area contributed by atoms with Crippen LogP contribution in [0, 0.1) is 13.8 Å². The molecule has 0 amide bonds. The van der Waals surface area contributed by atoms with E-state index in [1.165, 1.54) is 0 Å². The Kier molecular flexibility index (Phi) is 5.98. The molecule has 1 fully saturated rings. The summed E-state index contributed by atoms with van der Waals surface area (Å²) in [6.07, 6.45) is 5.02. The minimum Gasteiger partial charge on any atom is -0.289 e. The summed E-state index contributed by atoms with van der Waals surface area (Å²) in [6.45, 7) is 3.80. The molecule has 0 bridgehead atoms. The predicted octanol–water partition coefficient (Wildman–Crippen LogP) is 6.81. The van der Waals surface area contributed by atoms with Gasteiger partial charge < -0.3 is 0 Å². The molecule has 1 aliphatic carbocycles. The van der Waals surface area contributed by atoms with Crippen LogP contribution in [0.25, 0.3) is 23.5 Å². The summed E-state index contributed by atoms with van der Waals surface area (Å²) < 4.78 is 3.39. The molecular formula is C27H22Cl2N4O. The van der Waals surface area contributed by atoms with E-state index in [1.54, 1.807) is 9.36 Å². The first kappa shape index (κ1) is 22.4. The third kappa shape index (κ3) is 4.02. The number of rotatable bonds is 4. The molecule has 0 N–H and O–H groups in total. The Morgan fingerprint density at radius 3 is 1.47 bits per heavy atom. The monoisotopic (exact) mass is 488 g/mol. The Morgan fingerprint density at radius 1 is 0.706 bits per heavy atom. The van der Waals surface area contributed by atoms with E-state index in [9.17, 15) is 4.79 Å². The molecule has 0 unspecified atom stereocenters. The molecule has 2 aromatic heterocycles. The Morgan fingerprint density at radius 2 is 1.09 bits per heavy atom. The zero-order valence-corrected chi connectivity index (χ0v) is 20.3. The van der Waals surface area contributed by atoms with Crippen LogP contribution in [0.4, 0.5) is 0 Å².